The molecule has 0 aliphatic heterocycles. The minimum absolute atomic E-state index is 0.142. The highest BCUT2D eigenvalue weighted by Crippen LogP contribution is 2.10. The molecule has 2 aromatic heterocycles. The van der Waals surface area contributed by atoms with Gasteiger partial charge in [0.05, 0.1) is 19.9 Å². The van der Waals surface area contributed by atoms with Gasteiger partial charge < -0.3 is 19.5 Å². The molecule has 0 bridgehead atoms. The van der Waals surface area contributed by atoms with E-state index in [1.165, 1.54) is 13.3 Å². The summed E-state index contributed by atoms with van der Waals surface area (Å²) >= 11 is 0. The SMILES string of the molecule is COc1nc(CNC(=O)c2cnoc2C)nc(N(C)C)n1. The van der Waals surface area contributed by atoms with Crippen molar-refractivity contribution in [1.29, 1.82) is 0 Å². The fourth-order valence-electron chi connectivity index (χ4n) is 1.53. The van der Waals surface area contributed by atoms with E-state index in [0.29, 0.717) is 23.1 Å². The molecule has 0 aliphatic carbocycles. The van der Waals surface area contributed by atoms with Gasteiger partial charge in [-0.15, -0.1) is 0 Å². The van der Waals surface area contributed by atoms with E-state index in [0.717, 1.165) is 0 Å². The first-order valence-electron chi connectivity index (χ1n) is 6.17. The molecule has 0 saturated heterocycles. The highest BCUT2D eigenvalue weighted by atomic mass is 16.5. The number of carbonyl (C=O) groups is 1. The number of aryl methyl sites for hydroxylation is 1. The van der Waals surface area contributed by atoms with Crippen molar-refractivity contribution in [2.45, 2.75) is 13.5 Å². The van der Waals surface area contributed by atoms with Gasteiger partial charge in [0.1, 0.15) is 11.3 Å². The number of aromatic nitrogens is 4. The summed E-state index contributed by atoms with van der Waals surface area (Å²) < 4.78 is 9.86. The number of hydrogen-bond donors (Lipinski definition) is 1. The van der Waals surface area contributed by atoms with Crippen LogP contribution in [0.2, 0.25) is 0 Å². The lowest BCUT2D eigenvalue weighted by Crippen LogP contribution is -2.25. The van der Waals surface area contributed by atoms with Crippen molar-refractivity contribution >= 4 is 11.9 Å². The molecule has 0 aromatic carbocycles. The van der Waals surface area contributed by atoms with Crippen LogP contribution in [0.3, 0.4) is 0 Å². The van der Waals surface area contributed by atoms with E-state index < -0.39 is 0 Å². The van der Waals surface area contributed by atoms with Crippen LogP contribution in [0, 0.1) is 6.92 Å². The molecule has 0 unspecified atom stereocenters. The van der Waals surface area contributed by atoms with Gasteiger partial charge in [-0.3, -0.25) is 4.79 Å². The number of nitrogens with one attached hydrogen (secondary N) is 1. The highest BCUT2D eigenvalue weighted by molar-refractivity contribution is 5.94. The third-order valence-electron chi connectivity index (χ3n) is 2.63. The lowest BCUT2D eigenvalue weighted by atomic mass is 10.2. The first-order valence-corrected chi connectivity index (χ1v) is 6.17. The largest absolute Gasteiger partial charge is 0.467 e. The average molecular weight is 292 g/mol. The summed E-state index contributed by atoms with van der Waals surface area (Å²) in [5.74, 6) is 0.995. The maximum absolute atomic E-state index is 11.9. The molecule has 2 heterocycles. The standard InChI is InChI=1S/C12H16N6O3/c1-7-8(5-14-21-7)10(19)13-6-9-15-11(18(2)3)17-12(16-9)20-4/h5H,6H2,1-4H3,(H,13,19). The summed E-state index contributed by atoms with van der Waals surface area (Å²) in [5.41, 5.74) is 0.379. The van der Waals surface area contributed by atoms with Crippen molar-refractivity contribution < 1.29 is 14.1 Å². The van der Waals surface area contributed by atoms with Gasteiger partial charge >= 0.3 is 6.01 Å². The Morgan fingerprint density at radius 3 is 2.71 bits per heavy atom. The number of methoxy groups -OCH3 is 1. The maximum atomic E-state index is 11.9. The van der Waals surface area contributed by atoms with Gasteiger partial charge in [0.25, 0.3) is 5.91 Å². The molecule has 112 valence electrons. The molecular weight excluding hydrogens is 276 g/mol. The van der Waals surface area contributed by atoms with Gasteiger partial charge in [-0.25, -0.2) is 0 Å². The Kier molecular flexibility index (Phi) is 4.31. The summed E-state index contributed by atoms with van der Waals surface area (Å²) in [6.07, 6.45) is 1.36. The van der Waals surface area contributed by atoms with Crippen LogP contribution in [0.25, 0.3) is 0 Å². The van der Waals surface area contributed by atoms with Crippen LogP contribution in [-0.2, 0) is 6.54 Å². The summed E-state index contributed by atoms with van der Waals surface area (Å²) in [5, 5.41) is 6.25. The molecule has 2 rings (SSSR count). The molecule has 0 aliphatic rings. The van der Waals surface area contributed by atoms with Crippen molar-refractivity contribution in [1.82, 2.24) is 25.4 Å². The van der Waals surface area contributed by atoms with Crippen LogP contribution in [0.1, 0.15) is 21.9 Å². The third-order valence-corrected chi connectivity index (χ3v) is 2.63. The average Bonchev–Trinajstić information content (AvgIpc) is 2.90. The van der Waals surface area contributed by atoms with Crippen molar-refractivity contribution in [2.75, 3.05) is 26.1 Å². The Balaban J connectivity index is 2.11. The molecule has 0 radical (unpaired) electrons. The van der Waals surface area contributed by atoms with Gasteiger partial charge in [0.15, 0.2) is 5.82 Å². The molecule has 0 spiro atoms. The Morgan fingerprint density at radius 2 is 2.14 bits per heavy atom. The number of anilines is 1. The lowest BCUT2D eigenvalue weighted by Gasteiger charge is -2.12. The molecule has 0 atom stereocenters. The van der Waals surface area contributed by atoms with E-state index >= 15 is 0 Å². The maximum Gasteiger partial charge on any atom is 0.321 e. The normalized spacial score (nSPS) is 10.3. The predicted octanol–water partition coefficient (Wildman–Crippen LogP) is 0.173. The van der Waals surface area contributed by atoms with Crippen molar-refractivity contribution in [3.05, 3.63) is 23.3 Å². The Morgan fingerprint density at radius 1 is 1.38 bits per heavy atom. The number of ether oxygens (including phenoxy) is 1. The van der Waals surface area contributed by atoms with E-state index in [9.17, 15) is 4.79 Å². The lowest BCUT2D eigenvalue weighted by molar-refractivity contribution is 0.0948. The number of amides is 1. The van der Waals surface area contributed by atoms with Crippen molar-refractivity contribution in [2.24, 2.45) is 0 Å². The molecule has 2 aromatic rings. The van der Waals surface area contributed by atoms with Crippen LogP contribution >= 0.6 is 0 Å². The van der Waals surface area contributed by atoms with E-state index in [-0.39, 0.29) is 18.5 Å². The smallest absolute Gasteiger partial charge is 0.321 e. The van der Waals surface area contributed by atoms with Gasteiger partial charge in [0, 0.05) is 14.1 Å². The van der Waals surface area contributed by atoms with E-state index in [1.807, 2.05) is 0 Å². The molecule has 0 saturated carbocycles. The molecule has 1 amide bonds. The second-order valence-corrected chi connectivity index (χ2v) is 4.41. The topological polar surface area (TPSA) is 106 Å². The fourth-order valence-corrected chi connectivity index (χ4v) is 1.53. The quantitative estimate of drug-likeness (QED) is 0.831. The van der Waals surface area contributed by atoms with Crippen molar-refractivity contribution in [3.8, 4) is 6.01 Å². The van der Waals surface area contributed by atoms with Crippen LogP contribution in [0.15, 0.2) is 10.7 Å². The monoisotopic (exact) mass is 292 g/mol. The van der Waals surface area contributed by atoms with Crippen LogP contribution < -0.4 is 15.0 Å². The Labute approximate surface area is 121 Å². The second-order valence-electron chi connectivity index (χ2n) is 4.41. The Bertz CT molecular complexity index is 640. The molecule has 21 heavy (non-hydrogen) atoms. The zero-order valence-corrected chi connectivity index (χ0v) is 12.2. The Hall–Kier alpha value is -2.71. The first-order chi connectivity index (χ1) is 10.0. The molecule has 9 heteroatoms. The van der Waals surface area contributed by atoms with Gasteiger partial charge in [-0.1, -0.05) is 5.16 Å². The highest BCUT2D eigenvalue weighted by Gasteiger charge is 2.14. The van der Waals surface area contributed by atoms with E-state index in [4.69, 9.17) is 9.26 Å². The van der Waals surface area contributed by atoms with Crippen LogP contribution in [-0.4, -0.2) is 47.2 Å². The second kappa shape index (κ2) is 6.16. The van der Waals surface area contributed by atoms with Gasteiger partial charge in [-0.2, -0.15) is 15.0 Å². The number of hydrogen-bond acceptors (Lipinski definition) is 8. The summed E-state index contributed by atoms with van der Waals surface area (Å²) in [4.78, 5) is 26.1. The van der Waals surface area contributed by atoms with Gasteiger partial charge in [-0.05, 0) is 6.92 Å². The zero-order chi connectivity index (χ0) is 15.4. The molecule has 1 N–H and O–H groups in total. The molecule has 9 nitrogen and oxygen atoms in total. The van der Waals surface area contributed by atoms with E-state index in [1.54, 1.807) is 25.9 Å². The minimum atomic E-state index is -0.306. The minimum Gasteiger partial charge on any atom is -0.467 e. The fraction of sp³-hybridized carbons (Fsp3) is 0.417. The summed E-state index contributed by atoms with van der Waals surface area (Å²) in [7, 11) is 5.08. The molecule has 0 fully saturated rings. The van der Waals surface area contributed by atoms with Crippen LogP contribution in [0.4, 0.5) is 5.95 Å². The number of rotatable bonds is 5. The number of carbonyl (C=O) groups excluding carboxylic acids is 1. The van der Waals surface area contributed by atoms with E-state index in [2.05, 4.69) is 25.4 Å². The molecular formula is C12H16N6O3. The zero-order valence-electron chi connectivity index (χ0n) is 12.2. The summed E-state index contributed by atoms with van der Waals surface area (Å²) in [6.45, 7) is 1.81. The summed E-state index contributed by atoms with van der Waals surface area (Å²) in [6, 6.07) is 0.194. The number of nitrogens with zero attached hydrogens (tertiary/aromatic N) is 5. The van der Waals surface area contributed by atoms with Crippen molar-refractivity contribution in [3.63, 3.8) is 0 Å². The first kappa shape index (κ1) is 14.7. The predicted molar refractivity (Wildman–Crippen MR) is 73.1 cm³/mol. The third kappa shape index (κ3) is 3.44. The van der Waals surface area contributed by atoms with Gasteiger partial charge in [0.2, 0.25) is 5.95 Å². The van der Waals surface area contributed by atoms with Crippen LogP contribution in [0.5, 0.6) is 6.01 Å².